The maximum absolute atomic E-state index is 13.2. The molecule has 0 radical (unpaired) electrons. The summed E-state index contributed by atoms with van der Waals surface area (Å²) in [7, 11) is 1.58. The van der Waals surface area contributed by atoms with E-state index in [1.54, 1.807) is 39.5 Å². The highest BCUT2D eigenvalue weighted by Gasteiger charge is 2.27. The number of esters is 1. The third-order valence-corrected chi connectivity index (χ3v) is 5.85. The minimum atomic E-state index is -0.507. The number of hydrogen-bond donors (Lipinski definition) is 1. The van der Waals surface area contributed by atoms with Crippen molar-refractivity contribution in [1.29, 1.82) is 0 Å². The van der Waals surface area contributed by atoms with Crippen LogP contribution in [0.5, 0.6) is 5.75 Å². The predicted molar refractivity (Wildman–Crippen MR) is 116 cm³/mol. The Balaban J connectivity index is 1.88. The summed E-state index contributed by atoms with van der Waals surface area (Å²) >= 11 is 1.23. The molecule has 0 saturated heterocycles. The van der Waals surface area contributed by atoms with Gasteiger partial charge >= 0.3 is 5.97 Å². The van der Waals surface area contributed by atoms with Crippen LogP contribution in [0.4, 0.5) is 0 Å². The number of tetrazole rings is 1. The molecular weight excluding hydrogens is 418 g/mol. The van der Waals surface area contributed by atoms with Gasteiger partial charge in [0.25, 0.3) is 0 Å². The number of carbonyl (C=O) groups excluding carboxylic acids is 2. The van der Waals surface area contributed by atoms with Crippen LogP contribution in [-0.2, 0) is 4.74 Å². The lowest BCUT2D eigenvalue weighted by Gasteiger charge is -2.12. The van der Waals surface area contributed by atoms with Crippen molar-refractivity contribution in [1.82, 2.24) is 25.2 Å². The van der Waals surface area contributed by atoms with Gasteiger partial charge in [0.05, 0.1) is 30.2 Å². The summed E-state index contributed by atoms with van der Waals surface area (Å²) < 4.78 is 12.1. The van der Waals surface area contributed by atoms with Crippen molar-refractivity contribution in [3.8, 4) is 11.4 Å². The van der Waals surface area contributed by atoms with Gasteiger partial charge in [0.2, 0.25) is 5.16 Å². The highest BCUT2D eigenvalue weighted by molar-refractivity contribution is 8.00. The molecule has 0 spiro atoms. The Morgan fingerprint density at radius 1 is 1.26 bits per heavy atom. The van der Waals surface area contributed by atoms with Crippen LogP contribution < -0.4 is 4.74 Å². The molecule has 0 saturated carbocycles. The fourth-order valence-electron chi connectivity index (χ4n) is 3.29. The van der Waals surface area contributed by atoms with Gasteiger partial charge < -0.3 is 14.5 Å². The van der Waals surface area contributed by atoms with Gasteiger partial charge in [-0.25, -0.2) is 4.79 Å². The van der Waals surface area contributed by atoms with Crippen LogP contribution in [-0.4, -0.2) is 55.9 Å². The lowest BCUT2D eigenvalue weighted by molar-refractivity contribution is 0.0525. The molecule has 1 unspecified atom stereocenters. The Kier molecular flexibility index (Phi) is 6.79. The molecule has 164 valence electrons. The van der Waals surface area contributed by atoms with Crippen molar-refractivity contribution in [3.05, 3.63) is 46.3 Å². The first-order chi connectivity index (χ1) is 14.8. The van der Waals surface area contributed by atoms with Gasteiger partial charge in [-0.05, 0) is 68.3 Å². The number of ether oxygens (including phenoxy) is 2. The minimum Gasteiger partial charge on any atom is -0.494 e. The molecule has 0 amide bonds. The number of hydrogen-bond acceptors (Lipinski definition) is 8. The quantitative estimate of drug-likeness (QED) is 0.320. The zero-order valence-electron chi connectivity index (χ0n) is 18.3. The number of H-pyrrole nitrogens is 1. The molecule has 1 atom stereocenters. The Morgan fingerprint density at radius 3 is 2.68 bits per heavy atom. The Labute approximate surface area is 184 Å². The van der Waals surface area contributed by atoms with Gasteiger partial charge in [-0.1, -0.05) is 17.8 Å². The molecule has 0 aliphatic carbocycles. The van der Waals surface area contributed by atoms with Crippen molar-refractivity contribution in [3.63, 3.8) is 0 Å². The third kappa shape index (κ3) is 4.48. The summed E-state index contributed by atoms with van der Waals surface area (Å²) in [5.74, 6) is 0.0177. The predicted octanol–water partition coefficient (Wildman–Crippen LogP) is 3.46. The molecule has 1 N–H and O–H groups in total. The van der Waals surface area contributed by atoms with E-state index in [1.807, 2.05) is 25.1 Å². The lowest BCUT2D eigenvalue weighted by Crippen LogP contribution is -2.16. The van der Waals surface area contributed by atoms with Gasteiger partial charge in [0.1, 0.15) is 11.4 Å². The smallest absolute Gasteiger partial charge is 0.340 e. The summed E-state index contributed by atoms with van der Waals surface area (Å²) in [6.45, 7) is 9.24. The van der Waals surface area contributed by atoms with E-state index >= 15 is 0 Å². The second kappa shape index (κ2) is 9.34. The zero-order chi connectivity index (χ0) is 22.7. The molecule has 31 heavy (non-hydrogen) atoms. The molecule has 2 aromatic heterocycles. The van der Waals surface area contributed by atoms with Crippen LogP contribution >= 0.6 is 11.8 Å². The second-order valence-electron chi connectivity index (χ2n) is 7.02. The summed E-state index contributed by atoms with van der Waals surface area (Å²) in [6, 6.07) is 5.69. The number of aromatic nitrogens is 5. The van der Waals surface area contributed by atoms with E-state index in [0.717, 1.165) is 5.56 Å². The van der Waals surface area contributed by atoms with E-state index < -0.39 is 11.2 Å². The standard InChI is InChI=1S/C21H25N5O4S/c1-7-30-20(28)17-12(3)18(22-13(17)4)19(27)14(5)31-21-23-24-25-26(21)15-10-11(2)8-9-16(15)29-6/h8-10,14,22H,7H2,1-6H3. The van der Waals surface area contributed by atoms with Crippen molar-refractivity contribution in [2.24, 2.45) is 0 Å². The first-order valence-electron chi connectivity index (χ1n) is 9.79. The molecule has 3 aromatic rings. The first kappa shape index (κ1) is 22.5. The van der Waals surface area contributed by atoms with E-state index in [0.29, 0.717) is 39.1 Å². The van der Waals surface area contributed by atoms with Gasteiger partial charge in [-0.3, -0.25) is 4.79 Å². The second-order valence-corrected chi connectivity index (χ2v) is 8.33. The van der Waals surface area contributed by atoms with Crippen molar-refractivity contribution in [2.45, 2.75) is 45.0 Å². The summed E-state index contributed by atoms with van der Waals surface area (Å²) in [5, 5.41) is 11.9. The number of carbonyl (C=O) groups is 2. The summed E-state index contributed by atoms with van der Waals surface area (Å²) in [4.78, 5) is 28.4. The molecule has 10 heteroatoms. The number of rotatable bonds is 8. The fraction of sp³-hybridized carbons (Fsp3) is 0.381. The molecule has 1 aromatic carbocycles. The maximum Gasteiger partial charge on any atom is 0.340 e. The fourth-order valence-corrected chi connectivity index (χ4v) is 4.15. The minimum absolute atomic E-state index is 0.160. The zero-order valence-corrected chi connectivity index (χ0v) is 19.2. The molecule has 0 bridgehead atoms. The van der Waals surface area contributed by atoms with E-state index in [1.165, 1.54) is 11.8 Å². The number of ketones is 1. The third-order valence-electron chi connectivity index (χ3n) is 4.82. The summed E-state index contributed by atoms with van der Waals surface area (Å²) in [6.07, 6.45) is 0. The number of benzene rings is 1. The molecule has 0 fully saturated rings. The average molecular weight is 444 g/mol. The van der Waals surface area contributed by atoms with E-state index in [9.17, 15) is 9.59 Å². The van der Waals surface area contributed by atoms with E-state index in [-0.39, 0.29) is 12.4 Å². The number of nitrogens with one attached hydrogen (secondary N) is 1. The molecule has 3 rings (SSSR count). The number of thioether (sulfide) groups is 1. The van der Waals surface area contributed by atoms with Crippen LogP contribution in [0.25, 0.3) is 5.69 Å². The number of aryl methyl sites for hydroxylation is 2. The largest absolute Gasteiger partial charge is 0.494 e. The Hall–Kier alpha value is -3.14. The SMILES string of the molecule is CCOC(=O)c1c(C)[nH]c(C(=O)C(C)Sc2nnnn2-c2cc(C)ccc2OC)c1C. The van der Waals surface area contributed by atoms with Crippen molar-refractivity contribution in [2.75, 3.05) is 13.7 Å². The van der Waals surface area contributed by atoms with Gasteiger partial charge in [0, 0.05) is 5.69 Å². The number of nitrogens with zero attached hydrogens (tertiary/aromatic N) is 4. The topological polar surface area (TPSA) is 112 Å². The van der Waals surface area contributed by atoms with Gasteiger partial charge in [0.15, 0.2) is 5.78 Å². The maximum atomic E-state index is 13.2. The molecule has 9 nitrogen and oxygen atoms in total. The lowest BCUT2D eigenvalue weighted by atomic mass is 10.1. The molecular formula is C21H25N5O4S. The van der Waals surface area contributed by atoms with Crippen LogP contribution in [0.3, 0.4) is 0 Å². The normalized spacial score (nSPS) is 11.9. The molecule has 0 aliphatic heterocycles. The molecule has 2 heterocycles. The van der Waals surface area contributed by atoms with Crippen LogP contribution in [0.15, 0.2) is 23.4 Å². The number of aromatic amines is 1. The van der Waals surface area contributed by atoms with Crippen molar-refractivity contribution >= 4 is 23.5 Å². The van der Waals surface area contributed by atoms with E-state index in [2.05, 4.69) is 20.5 Å². The Morgan fingerprint density at radius 2 is 2.00 bits per heavy atom. The van der Waals surface area contributed by atoms with Gasteiger partial charge in [-0.15, -0.1) is 5.10 Å². The van der Waals surface area contributed by atoms with Crippen LogP contribution in [0, 0.1) is 20.8 Å². The summed E-state index contributed by atoms with van der Waals surface area (Å²) in [5.41, 5.74) is 3.67. The van der Waals surface area contributed by atoms with Gasteiger partial charge in [-0.2, -0.15) is 4.68 Å². The monoisotopic (exact) mass is 443 g/mol. The first-order valence-corrected chi connectivity index (χ1v) is 10.7. The van der Waals surface area contributed by atoms with Crippen LogP contribution in [0.1, 0.15) is 51.5 Å². The van der Waals surface area contributed by atoms with E-state index in [4.69, 9.17) is 9.47 Å². The van der Waals surface area contributed by atoms with Crippen molar-refractivity contribution < 1.29 is 19.1 Å². The highest BCUT2D eigenvalue weighted by atomic mass is 32.2. The molecule has 0 aliphatic rings. The highest BCUT2D eigenvalue weighted by Crippen LogP contribution is 2.30. The van der Waals surface area contributed by atoms with Crippen LogP contribution in [0.2, 0.25) is 0 Å². The average Bonchev–Trinajstić information content (AvgIpc) is 3.31. The number of Topliss-reactive ketones (excluding diaryl/α,β-unsaturated/α-hetero) is 1. The number of methoxy groups -OCH3 is 1. The Bertz CT molecular complexity index is 1120.